The molecule has 14 heteroatoms. The van der Waals surface area contributed by atoms with Crippen LogP contribution < -0.4 is 9.13 Å². The first-order chi connectivity index (χ1) is 18.7. The molecule has 2 aromatic heterocycles. The number of pyridine rings is 2. The van der Waals surface area contributed by atoms with Crippen molar-refractivity contribution in [1.29, 1.82) is 0 Å². The first kappa shape index (κ1) is 32.4. The van der Waals surface area contributed by atoms with E-state index in [1.807, 2.05) is 48.5 Å². The molecule has 4 rings (SSSR count). The summed E-state index contributed by atoms with van der Waals surface area (Å²) in [5.74, 6) is 0. The number of aryl methyl sites for hydroxylation is 2. The van der Waals surface area contributed by atoms with Crippen LogP contribution in [0.3, 0.4) is 0 Å². The van der Waals surface area contributed by atoms with Crippen LogP contribution in [0.5, 0.6) is 0 Å². The molecule has 2 N–H and O–H groups in total. The molecular weight excluding hydrogens is 546 g/mol. The molecule has 0 saturated carbocycles. The van der Waals surface area contributed by atoms with Crippen LogP contribution in [-0.2, 0) is 26.3 Å². The van der Waals surface area contributed by atoms with E-state index in [0.717, 1.165) is 35.3 Å². The van der Waals surface area contributed by atoms with Crippen LogP contribution in [-0.4, -0.2) is 24.7 Å². The molecule has 0 saturated heterocycles. The Bertz CT molecular complexity index is 1170. The molecule has 4 aromatic rings. The third kappa shape index (κ3) is 13.3. The number of aromatic nitrogens is 2. The van der Waals surface area contributed by atoms with Gasteiger partial charge < -0.3 is 44.7 Å². The Morgan fingerprint density at radius 3 is 0.875 bits per heavy atom. The fraction of sp³-hybridized carbons (Fsp3) is 0.154. The largest absolute Gasteiger partial charge is 0.673 e. The maximum absolute atomic E-state index is 9.75. The Hall–Kier alpha value is -3.77. The van der Waals surface area contributed by atoms with E-state index >= 15 is 0 Å². The van der Waals surface area contributed by atoms with E-state index in [1.165, 1.54) is 11.1 Å². The first-order valence-corrected chi connectivity index (χ1v) is 11.9. The predicted octanol–water partition coefficient (Wildman–Crippen LogP) is 5.88. The monoisotopic (exact) mass is 572 g/mol. The van der Waals surface area contributed by atoms with Crippen molar-refractivity contribution < 1.29 is 53.9 Å². The van der Waals surface area contributed by atoms with Gasteiger partial charge in [-0.05, 0) is 33.4 Å². The quantitative estimate of drug-likeness (QED) is 0.165. The normalized spacial score (nSPS) is 11.2. The van der Waals surface area contributed by atoms with Crippen LogP contribution in [0.4, 0.5) is 34.5 Å². The second-order valence-electron chi connectivity index (χ2n) is 8.35. The summed E-state index contributed by atoms with van der Waals surface area (Å²) in [5.41, 5.74) is 6.48. The summed E-state index contributed by atoms with van der Waals surface area (Å²) in [4.78, 5) is 0. The van der Waals surface area contributed by atoms with Gasteiger partial charge in [-0.25, -0.2) is 0 Å². The van der Waals surface area contributed by atoms with E-state index in [9.17, 15) is 34.5 Å². The first-order valence-electron chi connectivity index (χ1n) is 11.9. The zero-order valence-corrected chi connectivity index (χ0v) is 21.0. The number of aliphatic hydroxyl groups is 2. The number of rotatable bonds is 7. The number of nitrogens with zero attached hydrogens (tertiary/aromatic N) is 2. The molecule has 0 radical (unpaired) electrons. The molecule has 2 heterocycles. The predicted molar refractivity (Wildman–Crippen MR) is 136 cm³/mol. The number of hydrogen-bond donors (Lipinski definition) is 2. The average molecular weight is 572 g/mol. The third-order valence-electron chi connectivity index (χ3n) is 5.34. The van der Waals surface area contributed by atoms with Crippen LogP contribution in [0, 0.1) is 0 Å². The van der Waals surface area contributed by atoms with Gasteiger partial charge in [0.25, 0.3) is 0 Å². The molecule has 4 nitrogen and oxygen atoms in total. The van der Waals surface area contributed by atoms with Crippen molar-refractivity contribution in [3.05, 3.63) is 109 Å². The molecule has 0 aliphatic heterocycles. The lowest BCUT2D eigenvalue weighted by atomic mass is 10.1. The van der Waals surface area contributed by atoms with Crippen molar-refractivity contribution in [2.75, 3.05) is 0 Å². The minimum absolute atomic E-state index is 0.0731. The smallest absolute Gasteiger partial charge is 0.418 e. The van der Waals surface area contributed by atoms with Crippen LogP contribution in [0.15, 0.2) is 97.6 Å². The van der Waals surface area contributed by atoms with Crippen LogP contribution >= 0.6 is 0 Å². The topological polar surface area (TPSA) is 48.2 Å². The third-order valence-corrected chi connectivity index (χ3v) is 5.34. The zero-order valence-electron chi connectivity index (χ0n) is 21.0. The molecule has 2 aromatic carbocycles. The van der Waals surface area contributed by atoms with Crippen molar-refractivity contribution >= 4 is 14.5 Å². The Balaban J connectivity index is 0.000000482. The van der Waals surface area contributed by atoms with Gasteiger partial charge in [-0.15, -0.1) is 0 Å². The average Bonchev–Trinajstić information content (AvgIpc) is 2.91. The molecule has 0 atom stereocenters. The van der Waals surface area contributed by atoms with Gasteiger partial charge in [-0.2, -0.15) is 9.13 Å². The molecular formula is C26H26B2F8N2O2. The highest BCUT2D eigenvalue weighted by molar-refractivity contribution is 6.50. The van der Waals surface area contributed by atoms with Gasteiger partial charge in [0.1, 0.15) is 0 Å². The Labute approximate surface area is 226 Å². The van der Waals surface area contributed by atoms with E-state index < -0.39 is 14.5 Å². The van der Waals surface area contributed by atoms with E-state index in [1.54, 1.807) is 0 Å². The van der Waals surface area contributed by atoms with E-state index in [0.29, 0.717) is 0 Å². The fourth-order valence-electron chi connectivity index (χ4n) is 3.43. The highest BCUT2D eigenvalue weighted by Gasteiger charge is 2.21. The molecule has 0 unspecified atom stereocenters. The summed E-state index contributed by atoms with van der Waals surface area (Å²) in [6.07, 6.45) is 8.42. The highest BCUT2D eigenvalue weighted by atomic mass is 19.5. The second-order valence-corrected chi connectivity index (χ2v) is 8.35. The van der Waals surface area contributed by atoms with Crippen molar-refractivity contribution in [2.24, 2.45) is 0 Å². The number of hydrogen-bond acceptors (Lipinski definition) is 2. The van der Waals surface area contributed by atoms with Gasteiger partial charge >= 0.3 is 14.5 Å². The lowest BCUT2D eigenvalue weighted by molar-refractivity contribution is -0.778. The van der Waals surface area contributed by atoms with Gasteiger partial charge in [-0.1, -0.05) is 48.5 Å². The molecule has 0 amide bonds. The van der Waals surface area contributed by atoms with Crippen molar-refractivity contribution in [1.82, 2.24) is 0 Å². The van der Waals surface area contributed by atoms with Crippen molar-refractivity contribution in [2.45, 2.75) is 26.3 Å². The number of aliphatic hydroxyl groups excluding tert-OH is 2. The van der Waals surface area contributed by atoms with Gasteiger partial charge in [0.2, 0.25) is 13.1 Å². The molecule has 0 aliphatic carbocycles. The Morgan fingerprint density at radius 2 is 0.650 bits per heavy atom. The van der Waals surface area contributed by atoms with Crippen LogP contribution in [0.1, 0.15) is 11.1 Å². The van der Waals surface area contributed by atoms with Crippen LogP contribution in [0.25, 0.3) is 22.3 Å². The molecule has 0 bridgehead atoms. The fourth-order valence-corrected chi connectivity index (χ4v) is 3.43. The van der Waals surface area contributed by atoms with Crippen molar-refractivity contribution in [3.63, 3.8) is 0 Å². The van der Waals surface area contributed by atoms with Gasteiger partial charge in [0.15, 0.2) is 24.8 Å². The highest BCUT2D eigenvalue weighted by Crippen LogP contribution is 2.19. The van der Waals surface area contributed by atoms with E-state index in [4.69, 9.17) is 10.2 Å². The molecule has 0 fully saturated rings. The summed E-state index contributed by atoms with van der Waals surface area (Å²) in [6, 6.07) is 24.5. The SMILES string of the molecule is F[B-](F)(F)F.F[B-](F)(F)F.OCc1ccc(-c2cc[n+](CC[n+]3ccc(-c4ccc(CO)cc4)cc3)cc2)cc1. The molecule has 40 heavy (non-hydrogen) atoms. The summed E-state index contributed by atoms with van der Waals surface area (Å²) in [5, 5.41) is 18.3. The van der Waals surface area contributed by atoms with E-state index in [2.05, 4.69) is 58.2 Å². The summed E-state index contributed by atoms with van der Waals surface area (Å²) < 4.78 is 82.4. The number of benzene rings is 2. The summed E-state index contributed by atoms with van der Waals surface area (Å²) in [7, 11) is -12.0. The lowest BCUT2D eigenvalue weighted by Crippen LogP contribution is -2.43. The van der Waals surface area contributed by atoms with Gasteiger partial charge in [-0.3, -0.25) is 0 Å². The molecule has 0 aliphatic rings. The molecule has 214 valence electrons. The minimum atomic E-state index is -6.00. The van der Waals surface area contributed by atoms with Gasteiger partial charge in [0, 0.05) is 24.3 Å². The minimum Gasteiger partial charge on any atom is -0.418 e. The standard InChI is InChI=1S/C26H26N2O2.2BF4/c29-19-21-1-5-23(6-2-21)25-9-13-27(14-10-25)17-18-28-15-11-26(12-16-28)24-7-3-22(20-30)4-8-24;2*2-1(3,4)5/h1-16,29-30H,17-20H2;;/q+2;2*-1. The maximum Gasteiger partial charge on any atom is 0.673 e. The Morgan fingerprint density at radius 1 is 0.425 bits per heavy atom. The second kappa shape index (κ2) is 15.1. The zero-order chi connectivity index (χ0) is 29.8. The number of halogens is 8. The Kier molecular flexibility index (Phi) is 12.3. The summed E-state index contributed by atoms with van der Waals surface area (Å²) in [6.45, 7) is 1.92. The summed E-state index contributed by atoms with van der Waals surface area (Å²) >= 11 is 0. The van der Waals surface area contributed by atoms with Crippen LogP contribution in [0.2, 0.25) is 0 Å². The maximum atomic E-state index is 9.75. The van der Waals surface area contributed by atoms with Gasteiger partial charge in [0.05, 0.1) is 13.2 Å². The van der Waals surface area contributed by atoms with E-state index in [-0.39, 0.29) is 13.2 Å². The lowest BCUT2D eigenvalue weighted by Gasteiger charge is -2.03. The van der Waals surface area contributed by atoms with Crippen molar-refractivity contribution in [3.8, 4) is 22.3 Å². The molecule has 0 spiro atoms.